The van der Waals surface area contributed by atoms with E-state index in [1.807, 2.05) is 0 Å². The van der Waals surface area contributed by atoms with Crippen molar-refractivity contribution in [2.45, 2.75) is 49.1 Å². The van der Waals surface area contributed by atoms with E-state index in [1.165, 1.54) is 34.4 Å². The molecule has 0 amide bonds. The predicted molar refractivity (Wildman–Crippen MR) is 175 cm³/mol. The quantitative estimate of drug-likeness (QED) is 0.0756. The van der Waals surface area contributed by atoms with Crippen LogP contribution >= 0.6 is 35.4 Å². The van der Waals surface area contributed by atoms with Gasteiger partial charge in [0.1, 0.15) is 71.2 Å². The summed E-state index contributed by atoms with van der Waals surface area (Å²) >= 11 is 20.2. The highest BCUT2D eigenvalue weighted by molar-refractivity contribution is 8.69. The summed E-state index contributed by atoms with van der Waals surface area (Å²) in [7, 11) is 0. The van der Waals surface area contributed by atoms with Crippen molar-refractivity contribution in [3.8, 4) is 0 Å². The molecule has 0 aromatic carbocycles. The molecule has 244 valence electrons. The van der Waals surface area contributed by atoms with Gasteiger partial charge >= 0.3 is 0 Å². The first kappa shape index (κ1) is 33.3. The Labute approximate surface area is 275 Å². The summed E-state index contributed by atoms with van der Waals surface area (Å²) in [6, 6.07) is 0. The number of anilines is 2. The molecule has 0 spiro atoms. The van der Waals surface area contributed by atoms with Crippen molar-refractivity contribution < 1.29 is 38.9 Å². The largest absolute Gasteiger partial charge is 0.387 e. The fourth-order valence-corrected chi connectivity index (χ4v) is 18.2. The second-order valence-electron chi connectivity index (χ2n) is 10.3. The van der Waals surface area contributed by atoms with Gasteiger partial charge in [0.15, 0.2) is 35.4 Å². The van der Waals surface area contributed by atoms with E-state index in [2.05, 4.69) is 54.4 Å². The highest BCUT2D eigenvalue weighted by Gasteiger charge is 2.46. The van der Waals surface area contributed by atoms with Gasteiger partial charge in [-0.15, -0.1) is 24.5 Å². The molecule has 45 heavy (non-hydrogen) atoms. The van der Waals surface area contributed by atoms with E-state index in [0.29, 0.717) is 22.3 Å². The first-order valence-electron chi connectivity index (χ1n) is 13.1. The van der Waals surface area contributed by atoms with Crippen LogP contribution in [0.15, 0.2) is 25.3 Å². The molecule has 6 heterocycles. The zero-order valence-corrected chi connectivity index (χ0v) is 28.0. The number of thiol groups is 2. The molecule has 2 fully saturated rings. The molecule has 0 radical (unpaired) electrons. The third-order valence-electron chi connectivity index (χ3n) is 7.24. The molecule has 0 saturated carbocycles. The highest BCUT2D eigenvalue weighted by atomic mass is 32.9. The number of aliphatic hydroxyl groups excluding tert-OH is 4. The number of hydrogen-bond donors (Lipinski definition) is 8. The Bertz CT molecular complexity index is 1690. The second-order valence-corrected chi connectivity index (χ2v) is 23.5. The zero-order valence-electron chi connectivity index (χ0n) is 22.8. The summed E-state index contributed by atoms with van der Waals surface area (Å²) in [5, 5.41) is 42.7. The topological polar surface area (TPSA) is 257 Å². The molecule has 10 atom stereocenters. The van der Waals surface area contributed by atoms with Crippen LogP contribution in [0.5, 0.6) is 0 Å². The van der Waals surface area contributed by atoms with Crippen LogP contribution in [0.1, 0.15) is 12.5 Å². The number of hydrogen-bond acceptors (Lipinski definition) is 18. The summed E-state index contributed by atoms with van der Waals surface area (Å²) in [6.45, 7) is -0.429. The van der Waals surface area contributed by atoms with Crippen LogP contribution in [0.3, 0.4) is 0 Å². The number of imidazole rings is 2. The van der Waals surface area contributed by atoms with Crippen LogP contribution in [0.2, 0.25) is 0 Å². The van der Waals surface area contributed by atoms with E-state index in [-0.39, 0.29) is 30.8 Å². The van der Waals surface area contributed by atoms with Crippen molar-refractivity contribution >= 4 is 93.0 Å². The van der Waals surface area contributed by atoms with E-state index in [4.69, 9.17) is 53.6 Å². The van der Waals surface area contributed by atoms with Crippen LogP contribution in [0.25, 0.3) is 22.3 Å². The molecular formula is C21H28N10O8P2S4. The van der Waals surface area contributed by atoms with Crippen LogP contribution in [-0.2, 0) is 42.1 Å². The van der Waals surface area contributed by atoms with E-state index >= 15 is 0 Å². The zero-order chi connectivity index (χ0) is 32.3. The second kappa shape index (κ2) is 12.8. The maximum Gasteiger partial charge on any atom is 0.167 e. The van der Waals surface area contributed by atoms with Gasteiger partial charge in [0.25, 0.3) is 0 Å². The Morgan fingerprint density at radius 3 is 1.51 bits per heavy atom. The van der Waals surface area contributed by atoms with Crippen molar-refractivity contribution in [1.29, 1.82) is 0 Å². The number of nitrogens with two attached hydrogens (primary N) is 2. The van der Waals surface area contributed by atoms with E-state index in [1.54, 1.807) is 0 Å². The molecule has 2 saturated heterocycles. The molecule has 0 bridgehead atoms. The summed E-state index contributed by atoms with van der Waals surface area (Å²) in [5.74, 6) is 0.292. The molecule has 18 nitrogen and oxygen atoms in total. The van der Waals surface area contributed by atoms with Gasteiger partial charge in [-0.3, -0.25) is 9.13 Å². The van der Waals surface area contributed by atoms with E-state index in [9.17, 15) is 20.4 Å². The van der Waals surface area contributed by atoms with Gasteiger partial charge in [-0.1, -0.05) is 23.6 Å². The lowest BCUT2D eigenvalue weighted by Gasteiger charge is -2.26. The monoisotopic (exact) mass is 738 g/mol. The van der Waals surface area contributed by atoms with Gasteiger partial charge in [0, 0.05) is 0 Å². The minimum absolute atomic E-state index is 0.0226. The fourth-order valence-electron chi connectivity index (χ4n) is 4.99. The van der Waals surface area contributed by atoms with Gasteiger partial charge in [-0.25, -0.2) is 29.9 Å². The molecule has 2 aliphatic rings. The summed E-state index contributed by atoms with van der Waals surface area (Å²) in [4.78, 5) is 24.4. The Morgan fingerprint density at radius 1 is 0.711 bits per heavy atom. The maximum atomic E-state index is 10.7. The lowest BCUT2D eigenvalue weighted by atomic mass is 10.1. The van der Waals surface area contributed by atoms with Crippen molar-refractivity contribution in [3.63, 3.8) is 0 Å². The number of aliphatic hydroxyl groups is 4. The fraction of sp³-hybridized carbons (Fsp3) is 0.524. The van der Waals surface area contributed by atoms with Crippen molar-refractivity contribution in [1.82, 2.24) is 39.0 Å². The summed E-state index contributed by atoms with van der Waals surface area (Å²) in [5.41, 5.74) is 7.05. The first-order chi connectivity index (χ1) is 21.3. The third kappa shape index (κ3) is 6.59. The lowest BCUT2D eigenvalue weighted by Crippen LogP contribution is -2.33. The van der Waals surface area contributed by atoms with Crippen molar-refractivity contribution in [2.24, 2.45) is 0 Å². The maximum absolute atomic E-state index is 10.7. The smallest absolute Gasteiger partial charge is 0.167 e. The number of rotatable bonds is 10. The lowest BCUT2D eigenvalue weighted by molar-refractivity contribution is -0.0464. The minimum Gasteiger partial charge on any atom is -0.387 e. The van der Waals surface area contributed by atoms with Crippen LogP contribution in [0.4, 0.5) is 11.6 Å². The van der Waals surface area contributed by atoms with Gasteiger partial charge in [0.05, 0.1) is 31.8 Å². The minimum atomic E-state index is -2.96. The van der Waals surface area contributed by atoms with Crippen LogP contribution < -0.4 is 11.5 Å². The standard InChI is InChI=1S/C21H28N10O8P2S4/c22-16-10-18(26-3-24-16)30(5-28-10)20-14(34)12(32)8(38-20)1-36-40(42,43)7-41(44,45)37-2-9-13(33)15(35)21(39-9)31-6-29-11-17(23)25-4-27-19(11)31/h3-6,8-9,12-15,20-21,32-35H,1-2,7H2,(H,42,43)(H,44,45)(H2,22,24,26)(H2,23,25,27)/t8-,9-,12-,13-,14-,15-,20-,21-/m1/s1. The Balaban J connectivity index is 1.04. The Hall–Kier alpha value is -1.62. The SMILES string of the molecule is Nc1ncnc2c1ncn2[C@@H]1O[C@H](COP(=S)(S)CP(=S)(S)OC[C@H]2O[C@@H](n3cnc4c(N)ncnc43)[C@H](O)[C@@H]2O)[C@@H](O)[C@H]1O. The number of ether oxygens (including phenoxy) is 2. The average Bonchev–Trinajstić information content (AvgIpc) is 3.73. The normalized spacial score (nSPS) is 31.4. The first-order valence-corrected chi connectivity index (χ1v) is 21.2. The molecule has 2 aliphatic heterocycles. The Kier molecular flexibility index (Phi) is 9.45. The van der Waals surface area contributed by atoms with E-state index in [0.717, 1.165) is 0 Å². The Morgan fingerprint density at radius 2 is 1.11 bits per heavy atom. The molecule has 2 unspecified atom stereocenters. The molecule has 8 N–H and O–H groups in total. The molecule has 24 heteroatoms. The summed E-state index contributed by atoms with van der Waals surface area (Å²) < 4.78 is 26.4. The number of nitrogen functional groups attached to an aromatic ring is 2. The van der Waals surface area contributed by atoms with E-state index < -0.39 is 60.0 Å². The third-order valence-corrected chi connectivity index (χ3v) is 16.9. The van der Waals surface area contributed by atoms with Gasteiger partial charge < -0.3 is 50.4 Å². The molecule has 4 aromatic rings. The van der Waals surface area contributed by atoms with Crippen LogP contribution in [-0.4, -0.2) is 115 Å². The molecule has 4 aromatic heterocycles. The van der Waals surface area contributed by atoms with Gasteiger partial charge in [-0.2, -0.15) is 0 Å². The van der Waals surface area contributed by atoms with Gasteiger partial charge in [0.2, 0.25) is 0 Å². The van der Waals surface area contributed by atoms with Crippen molar-refractivity contribution in [2.75, 3.05) is 30.6 Å². The molecule has 0 aliphatic carbocycles. The predicted octanol–water partition coefficient (Wildman–Crippen LogP) is -0.462. The number of aromatic nitrogens is 8. The number of fused-ring (bicyclic) bond motifs is 2. The molecule has 6 rings (SSSR count). The highest BCUT2D eigenvalue weighted by Crippen LogP contribution is 2.68. The summed E-state index contributed by atoms with van der Waals surface area (Å²) in [6.07, 6.45) is -4.11. The average molecular weight is 739 g/mol. The molecular weight excluding hydrogens is 711 g/mol. The number of nitrogens with zero attached hydrogens (tertiary/aromatic N) is 8. The van der Waals surface area contributed by atoms with Gasteiger partial charge in [-0.05, 0) is 0 Å². The van der Waals surface area contributed by atoms with Crippen molar-refractivity contribution in [3.05, 3.63) is 25.3 Å². The van der Waals surface area contributed by atoms with Crippen LogP contribution in [0, 0.1) is 0 Å².